The summed E-state index contributed by atoms with van der Waals surface area (Å²) in [6, 6.07) is 0. The van der Waals surface area contributed by atoms with Crippen LogP contribution in [-0.4, -0.2) is 13.3 Å². The summed E-state index contributed by atoms with van der Waals surface area (Å²) in [5.41, 5.74) is 0. The van der Waals surface area contributed by atoms with Crippen LogP contribution >= 0.6 is 0 Å². The second kappa shape index (κ2) is 5.23. The summed E-state index contributed by atoms with van der Waals surface area (Å²) in [7, 11) is 0. The van der Waals surface area contributed by atoms with Gasteiger partial charge in [-0.15, -0.1) is 12.3 Å². The number of rotatable bonds is 3. The number of aliphatic imine (C=N–C) groups is 1. The first-order valence-corrected chi connectivity index (χ1v) is 2.27. The fourth-order valence-electron chi connectivity index (χ4n) is 0.293. The largest absolute Gasteiger partial charge is 0.301 e. The van der Waals surface area contributed by atoms with Crippen molar-refractivity contribution in [3.05, 3.63) is 0 Å². The van der Waals surface area contributed by atoms with Crippen LogP contribution < -0.4 is 0 Å². The van der Waals surface area contributed by atoms with Crippen molar-refractivity contribution in [2.45, 2.75) is 12.8 Å². The van der Waals surface area contributed by atoms with Crippen LogP contribution in [0.15, 0.2) is 4.99 Å². The number of unbranched alkanes of at least 4 members (excludes halogenated alkanes) is 1. The zero-order valence-electron chi connectivity index (χ0n) is 4.35. The summed E-state index contributed by atoms with van der Waals surface area (Å²) < 4.78 is 0. The van der Waals surface area contributed by atoms with Crippen molar-refractivity contribution in [2.24, 2.45) is 4.99 Å². The van der Waals surface area contributed by atoms with Gasteiger partial charge in [-0.25, -0.2) is 0 Å². The summed E-state index contributed by atoms with van der Waals surface area (Å²) in [5, 5.41) is 0. The quantitative estimate of drug-likeness (QED) is 0.283. The van der Waals surface area contributed by atoms with Gasteiger partial charge in [0.25, 0.3) is 0 Å². The van der Waals surface area contributed by atoms with Gasteiger partial charge >= 0.3 is 0 Å². The molecular weight excluding hydrogens is 86.1 g/mol. The Morgan fingerprint density at radius 1 is 1.71 bits per heavy atom. The van der Waals surface area contributed by atoms with Gasteiger partial charge in [0.1, 0.15) is 0 Å². The van der Waals surface area contributed by atoms with Crippen molar-refractivity contribution in [3.63, 3.8) is 0 Å². The predicted molar refractivity (Wildman–Crippen MR) is 32.5 cm³/mol. The molecule has 38 valence electrons. The normalized spacial score (nSPS) is 7.29. The van der Waals surface area contributed by atoms with Crippen LogP contribution in [0.2, 0.25) is 0 Å². The van der Waals surface area contributed by atoms with Crippen LogP contribution in [0.1, 0.15) is 12.8 Å². The molecular formula is C6H9N. The summed E-state index contributed by atoms with van der Waals surface area (Å²) in [6.07, 6.45) is 6.75. The molecule has 0 aliphatic carbocycles. The molecule has 0 aromatic rings. The van der Waals surface area contributed by atoms with Crippen LogP contribution in [0.3, 0.4) is 0 Å². The minimum Gasteiger partial charge on any atom is -0.301 e. The molecule has 1 heteroatoms. The standard InChI is InChI=1S/C6H9N/c1-3-4-5-6-7-2/h1H,2,4-6H2. The topological polar surface area (TPSA) is 12.4 Å². The first kappa shape index (κ1) is 6.23. The van der Waals surface area contributed by atoms with Gasteiger partial charge in [-0.3, -0.25) is 0 Å². The second-order valence-corrected chi connectivity index (χ2v) is 1.25. The van der Waals surface area contributed by atoms with E-state index in [0.29, 0.717) is 0 Å². The van der Waals surface area contributed by atoms with E-state index in [0.717, 1.165) is 19.4 Å². The Morgan fingerprint density at radius 2 is 2.43 bits per heavy atom. The van der Waals surface area contributed by atoms with Crippen molar-refractivity contribution in [2.75, 3.05) is 6.54 Å². The van der Waals surface area contributed by atoms with Crippen LogP contribution in [0.5, 0.6) is 0 Å². The Kier molecular flexibility index (Phi) is 4.65. The van der Waals surface area contributed by atoms with Crippen LogP contribution in [-0.2, 0) is 0 Å². The number of hydrogen-bond donors (Lipinski definition) is 0. The number of nitrogens with zero attached hydrogens (tertiary/aromatic N) is 1. The Bertz CT molecular complexity index is 78.7. The van der Waals surface area contributed by atoms with Crippen molar-refractivity contribution in [1.82, 2.24) is 0 Å². The number of hydrogen-bond acceptors (Lipinski definition) is 1. The molecule has 0 fully saturated rings. The van der Waals surface area contributed by atoms with Crippen LogP contribution in [0, 0.1) is 12.3 Å². The van der Waals surface area contributed by atoms with Gasteiger partial charge in [0.15, 0.2) is 0 Å². The first-order valence-electron chi connectivity index (χ1n) is 2.27. The lowest BCUT2D eigenvalue weighted by molar-refractivity contribution is 0.876. The van der Waals surface area contributed by atoms with E-state index in [1.807, 2.05) is 0 Å². The highest BCUT2D eigenvalue weighted by atomic mass is 14.7. The van der Waals surface area contributed by atoms with Gasteiger partial charge in [0, 0.05) is 13.0 Å². The van der Waals surface area contributed by atoms with Gasteiger partial charge < -0.3 is 4.99 Å². The molecule has 0 aromatic carbocycles. The highest BCUT2D eigenvalue weighted by Crippen LogP contribution is 1.83. The van der Waals surface area contributed by atoms with Crippen molar-refractivity contribution in [1.29, 1.82) is 0 Å². The maximum atomic E-state index is 4.96. The van der Waals surface area contributed by atoms with E-state index in [1.165, 1.54) is 0 Å². The fraction of sp³-hybridized carbons (Fsp3) is 0.500. The predicted octanol–water partition coefficient (Wildman–Crippen LogP) is 1.10. The lowest BCUT2D eigenvalue weighted by atomic mass is 10.3. The average Bonchev–Trinajstić information content (AvgIpc) is 1.69. The molecule has 1 nitrogen and oxygen atoms in total. The Morgan fingerprint density at radius 3 is 2.86 bits per heavy atom. The fourth-order valence-corrected chi connectivity index (χ4v) is 0.293. The summed E-state index contributed by atoms with van der Waals surface area (Å²) in [5.74, 6) is 2.51. The summed E-state index contributed by atoms with van der Waals surface area (Å²) in [6.45, 7) is 4.11. The van der Waals surface area contributed by atoms with E-state index in [9.17, 15) is 0 Å². The molecule has 0 unspecified atom stereocenters. The zero-order valence-corrected chi connectivity index (χ0v) is 4.35. The highest BCUT2D eigenvalue weighted by molar-refractivity contribution is 5.23. The van der Waals surface area contributed by atoms with E-state index < -0.39 is 0 Å². The minimum absolute atomic E-state index is 0.796. The Hall–Kier alpha value is -0.770. The third-order valence-corrected chi connectivity index (χ3v) is 0.637. The molecule has 0 aliphatic rings. The van der Waals surface area contributed by atoms with Crippen molar-refractivity contribution < 1.29 is 0 Å². The molecule has 0 amide bonds. The Balaban J connectivity index is 2.72. The molecule has 0 atom stereocenters. The van der Waals surface area contributed by atoms with E-state index in [1.54, 1.807) is 0 Å². The smallest absolute Gasteiger partial charge is 0.0391 e. The summed E-state index contributed by atoms with van der Waals surface area (Å²) >= 11 is 0. The maximum absolute atomic E-state index is 4.96. The van der Waals surface area contributed by atoms with Crippen molar-refractivity contribution in [3.8, 4) is 12.3 Å². The van der Waals surface area contributed by atoms with Gasteiger partial charge in [-0.1, -0.05) is 0 Å². The lowest BCUT2D eigenvalue weighted by Crippen LogP contribution is -1.75. The zero-order chi connectivity index (χ0) is 5.54. The van der Waals surface area contributed by atoms with E-state index in [4.69, 9.17) is 6.42 Å². The molecule has 0 spiro atoms. The average molecular weight is 95.1 g/mol. The molecule has 0 aromatic heterocycles. The van der Waals surface area contributed by atoms with Gasteiger partial charge in [0.2, 0.25) is 0 Å². The van der Waals surface area contributed by atoms with Gasteiger partial charge in [0.05, 0.1) is 0 Å². The van der Waals surface area contributed by atoms with Crippen LogP contribution in [0.25, 0.3) is 0 Å². The van der Waals surface area contributed by atoms with Gasteiger partial charge in [-0.05, 0) is 13.1 Å². The van der Waals surface area contributed by atoms with E-state index >= 15 is 0 Å². The minimum atomic E-state index is 0.796. The SMILES string of the molecule is C#CCCCN=C. The van der Waals surface area contributed by atoms with Crippen LogP contribution in [0.4, 0.5) is 0 Å². The maximum Gasteiger partial charge on any atom is 0.0391 e. The molecule has 7 heavy (non-hydrogen) atoms. The molecule has 0 heterocycles. The lowest BCUT2D eigenvalue weighted by Gasteiger charge is -1.82. The molecule has 0 rings (SSSR count). The molecule has 0 saturated heterocycles. The monoisotopic (exact) mass is 95.1 g/mol. The first-order chi connectivity index (χ1) is 3.41. The molecule has 0 saturated carbocycles. The highest BCUT2D eigenvalue weighted by Gasteiger charge is 1.74. The molecule has 0 N–H and O–H groups in total. The van der Waals surface area contributed by atoms with E-state index in [-0.39, 0.29) is 0 Å². The molecule has 0 radical (unpaired) electrons. The van der Waals surface area contributed by atoms with Crippen molar-refractivity contribution >= 4 is 6.72 Å². The van der Waals surface area contributed by atoms with Gasteiger partial charge in [-0.2, -0.15) is 0 Å². The van der Waals surface area contributed by atoms with E-state index in [2.05, 4.69) is 17.6 Å². The third kappa shape index (κ3) is 5.23. The number of terminal acetylenes is 1. The second-order valence-electron chi connectivity index (χ2n) is 1.25. The third-order valence-electron chi connectivity index (χ3n) is 0.637. The Labute approximate surface area is 44.5 Å². The molecule has 0 aliphatic heterocycles. The molecule has 0 bridgehead atoms. The summed E-state index contributed by atoms with van der Waals surface area (Å²) in [4.78, 5) is 3.63.